The van der Waals surface area contributed by atoms with Gasteiger partial charge >= 0.3 is 0 Å². The molecule has 0 radical (unpaired) electrons. The van der Waals surface area contributed by atoms with Gasteiger partial charge in [0.1, 0.15) is 11.5 Å². The lowest BCUT2D eigenvalue weighted by molar-refractivity contribution is 0.173. The van der Waals surface area contributed by atoms with Gasteiger partial charge in [0.05, 0.1) is 5.52 Å². The Bertz CT molecular complexity index is 1250. The third kappa shape index (κ3) is 5.65. The van der Waals surface area contributed by atoms with E-state index in [0.29, 0.717) is 11.8 Å². The molecule has 176 valence electrons. The monoisotopic (exact) mass is 497 g/mol. The minimum atomic E-state index is 0. The van der Waals surface area contributed by atoms with Gasteiger partial charge in [-0.3, -0.25) is 4.98 Å². The van der Waals surface area contributed by atoms with E-state index in [1.54, 1.807) is 0 Å². The average Bonchev–Trinajstić information content (AvgIpc) is 3.32. The van der Waals surface area contributed by atoms with Gasteiger partial charge in [0.25, 0.3) is 0 Å². The molecule has 8 heteroatoms. The van der Waals surface area contributed by atoms with Crippen molar-refractivity contribution in [2.45, 2.75) is 13.0 Å². The van der Waals surface area contributed by atoms with Crippen LogP contribution in [-0.4, -0.2) is 24.9 Å². The highest BCUT2D eigenvalue weighted by Crippen LogP contribution is 2.35. The van der Waals surface area contributed by atoms with Crippen molar-refractivity contribution >= 4 is 40.6 Å². The molecular weight excluding hydrogens is 473 g/mol. The largest absolute Gasteiger partial charge is 0.457 e. The van der Waals surface area contributed by atoms with Gasteiger partial charge in [0.15, 0.2) is 11.5 Å². The lowest BCUT2D eigenvalue weighted by Crippen LogP contribution is -2.18. The first kappa shape index (κ1) is 24.0. The van der Waals surface area contributed by atoms with Crippen LogP contribution in [0.4, 0.5) is 5.69 Å². The molecule has 0 spiro atoms. The standard InChI is InChI=1S/C26H24ClN3O3.ClH/c27-19-5-7-20(8-6-19)33-21-9-10-22-23(11-14-30-24(22)15-21)29-13-2-12-28-16-18-3-1-4-25-26(18)32-17-31-25;/h1,3-11,14-15,28H,2,12-13,16-17H2,(H,29,30);1H. The van der Waals surface area contributed by atoms with E-state index in [2.05, 4.69) is 21.7 Å². The van der Waals surface area contributed by atoms with Crippen LogP contribution in [0.15, 0.2) is 72.9 Å². The summed E-state index contributed by atoms with van der Waals surface area (Å²) in [6.07, 6.45) is 2.79. The van der Waals surface area contributed by atoms with Gasteiger partial charge in [-0.15, -0.1) is 12.4 Å². The summed E-state index contributed by atoms with van der Waals surface area (Å²) in [5.41, 5.74) is 3.06. The lowest BCUT2D eigenvalue weighted by Gasteiger charge is -2.12. The fraction of sp³-hybridized carbons (Fsp3) is 0.192. The first-order chi connectivity index (χ1) is 16.3. The van der Waals surface area contributed by atoms with Gasteiger partial charge in [-0.25, -0.2) is 0 Å². The van der Waals surface area contributed by atoms with E-state index in [9.17, 15) is 0 Å². The van der Waals surface area contributed by atoms with Crippen LogP contribution in [0.25, 0.3) is 10.9 Å². The molecule has 0 fully saturated rings. The first-order valence-corrected chi connectivity index (χ1v) is 11.3. The predicted octanol–water partition coefficient (Wildman–Crippen LogP) is 6.42. The van der Waals surface area contributed by atoms with Crippen LogP contribution in [0.5, 0.6) is 23.0 Å². The average molecular weight is 498 g/mol. The number of halogens is 2. The number of pyridine rings is 1. The number of anilines is 1. The highest BCUT2D eigenvalue weighted by molar-refractivity contribution is 6.30. The minimum absolute atomic E-state index is 0. The van der Waals surface area contributed by atoms with E-state index >= 15 is 0 Å². The Morgan fingerprint density at radius 1 is 0.941 bits per heavy atom. The summed E-state index contributed by atoms with van der Waals surface area (Å²) in [5, 5.41) is 8.74. The topological polar surface area (TPSA) is 64.6 Å². The number of nitrogens with one attached hydrogen (secondary N) is 2. The maximum atomic E-state index is 5.94. The SMILES string of the molecule is Cl.Clc1ccc(Oc2ccc3c(NCCCNCc4cccc5c4OCO5)ccnc3c2)cc1. The molecule has 34 heavy (non-hydrogen) atoms. The molecule has 4 aromatic rings. The van der Waals surface area contributed by atoms with Crippen molar-refractivity contribution in [2.75, 3.05) is 25.2 Å². The molecule has 0 unspecified atom stereocenters. The van der Waals surface area contributed by atoms with E-state index in [0.717, 1.165) is 71.2 Å². The molecule has 0 amide bonds. The molecule has 0 saturated heterocycles. The summed E-state index contributed by atoms with van der Waals surface area (Å²) in [5.74, 6) is 3.15. The van der Waals surface area contributed by atoms with Gasteiger partial charge in [0.2, 0.25) is 6.79 Å². The van der Waals surface area contributed by atoms with Gasteiger partial charge < -0.3 is 24.8 Å². The molecule has 0 bridgehead atoms. The zero-order chi connectivity index (χ0) is 22.5. The number of benzene rings is 3. The van der Waals surface area contributed by atoms with E-state index in [1.165, 1.54) is 0 Å². The second-order valence-electron chi connectivity index (χ2n) is 7.70. The molecule has 3 aromatic carbocycles. The summed E-state index contributed by atoms with van der Waals surface area (Å²) in [4.78, 5) is 4.50. The molecule has 0 aliphatic carbocycles. The van der Waals surface area contributed by atoms with E-state index in [4.69, 9.17) is 25.8 Å². The Morgan fingerprint density at radius 3 is 2.68 bits per heavy atom. The number of hydrogen-bond acceptors (Lipinski definition) is 6. The highest BCUT2D eigenvalue weighted by atomic mass is 35.5. The zero-order valence-corrected chi connectivity index (χ0v) is 20.0. The Morgan fingerprint density at radius 2 is 1.79 bits per heavy atom. The van der Waals surface area contributed by atoms with Crippen molar-refractivity contribution in [3.8, 4) is 23.0 Å². The number of hydrogen-bond donors (Lipinski definition) is 2. The fourth-order valence-corrected chi connectivity index (χ4v) is 3.90. The molecule has 2 N–H and O–H groups in total. The summed E-state index contributed by atoms with van der Waals surface area (Å²) in [7, 11) is 0. The zero-order valence-electron chi connectivity index (χ0n) is 18.4. The van der Waals surface area contributed by atoms with Crippen molar-refractivity contribution in [2.24, 2.45) is 0 Å². The summed E-state index contributed by atoms with van der Waals surface area (Å²) in [6.45, 7) is 2.79. The van der Waals surface area contributed by atoms with Crippen LogP contribution in [0.1, 0.15) is 12.0 Å². The maximum absolute atomic E-state index is 5.94. The summed E-state index contributed by atoms with van der Waals surface area (Å²) >= 11 is 5.94. The van der Waals surface area contributed by atoms with Gasteiger partial charge in [0, 0.05) is 47.0 Å². The Kier molecular flexibility index (Phi) is 7.95. The number of rotatable bonds is 9. The van der Waals surface area contributed by atoms with Crippen LogP contribution in [0.3, 0.4) is 0 Å². The fourth-order valence-electron chi connectivity index (χ4n) is 3.77. The molecule has 0 atom stereocenters. The van der Waals surface area contributed by atoms with Crippen LogP contribution in [0, 0.1) is 0 Å². The maximum Gasteiger partial charge on any atom is 0.231 e. The van der Waals surface area contributed by atoms with Crippen LogP contribution in [0.2, 0.25) is 5.02 Å². The summed E-state index contributed by atoms with van der Waals surface area (Å²) < 4.78 is 16.9. The second-order valence-corrected chi connectivity index (χ2v) is 8.14. The number of fused-ring (bicyclic) bond motifs is 2. The van der Waals surface area contributed by atoms with Crippen molar-refractivity contribution in [3.63, 3.8) is 0 Å². The molecule has 0 saturated carbocycles. The van der Waals surface area contributed by atoms with Crippen molar-refractivity contribution in [1.82, 2.24) is 10.3 Å². The molecule has 1 aliphatic heterocycles. The first-order valence-electron chi connectivity index (χ1n) is 10.9. The highest BCUT2D eigenvalue weighted by Gasteiger charge is 2.16. The molecule has 2 heterocycles. The van der Waals surface area contributed by atoms with E-state index in [1.807, 2.05) is 66.9 Å². The Balaban J connectivity index is 0.00000274. The van der Waals surface area contributed by atoms with Crippen LogP contribution in [-0.2, 0) is 6.54 Å². The quantitative estimate of drug-likeness (QED) is 0.260. The minimum Gasteiger partial charge on any atom is -0.457 e. The Hall–Kier alpha value is -3.19. The second kappa shape index (κ2) is 11.3. The normalized spacial score (nSPS) is 11.8. The Labute approximate surface area is 209 Å². The smallest absolute Gasteiger partial charge is 0.231 e. The van der Waals surface area contributed by atoms with Crippen molar-refractivity contribution < 1.29 is 14.2 Å². The van der Waals surface area contributed by atoms with Gasteiger partial charge in [-0.1, -0.05) is 23.7 Å². The number of aromatic nitrogens is 1. The molecular formula is C26H25Cl2N3O3. The molecule has 1 aliphatic rings. The van der Waals surface area contributed by atoms with E-state index < -0.39 is 0 Å². The molecule has 1 aromatic heterocycles. The van der Waals surface area contributed by atoms with Crippen molar-refractivity contribution in [3.05, 3.63) is 83.5 Å². The van der Waals surface area contributed by atoms with Gasteiger partial charge in [-0.05, 0) is 61.5 Å². The summed E-state index contributed by atoms with van der Waals surface area (Å²) in [6, 6.07) is 21.2. The molecule has 5 rings (SSSR count). The van der Waals surface area contributed by atoms with E-state index in [-0.39, 0.29) is 12.4 Å². The third-order valence-electron chi connectivity index (χ3n) is 5.40. The van der Waals surface area contributed by atoms with Gasteiger partial charge in [-0.2, -0.15) is 0 Å². The van der Waals surface area contributed by atoms with Crippen LogP contribution >= 0.6 is 24.0 Å². The molecule has 6 nitrogen and oxygen atoms in total. The van der Waals surface area contributed by atoms with Crippen LogP contribution < -0.4 is 24.8 Å². The number of nitrogens with zero attached hydrogens (tertiary/aromatic N) is 1. The third-order valence-corrected chi connectivity index (χ3v) is 5.65. The number of ether oxygens (including phenoxy) is 3. The van der Waals surface area contributed by atoms with Crippen molar-refractivity contribution in [1.29, 1.82) is 0 Å². The lowest BCUT2D eigenvalue weighted by atomic mass is 10.1. The predicted molar refractivity (Wildman–Crippen MR) is 138 cm³/mol. The number of para-hydroxylation sites is 1.